The number of aliphatic carboxylic acids is 1. The fraction of sp³-hybridized carbons (Fsp3) is 0.786. The first-order chi connectivity index (χ1) is 9.86. The molecular weight excluding hydrogens is 274 g/mol. The molecule has 1 saturated heterocycles. The Balaban J connectivity index is 2.67. The number of rotatable bonds is 4. The number of carbonyl (C=O) groups excluding carboxylic acids is 2. The van der Waals surface area contributed by atoms with Crippen molar-refractivity contribution in [3.05, 3.63) is 0 Å². The van der Waals surface area contributed by atoms with Crippen LogP contribution in [0.4, 0.5) is 4.79 Å². The largest absolute Gasteiger partial charge is 0.481 e. The summed E-state index contributed by atoms with van der Waals surface area (Å²) < 4.78 is 0. The van der Waals surface area contributed by atoms with Crippen molar-refractivity contribution in [1.82, 2.24) is 14.7 Å². The normalized spacial score (nSPS) is 17.1. The SMILES string of the molecule is CCN(C(=O)N1CCCN(C(C)=O)CC1)C(C)CC(=O)O. The molecule has 1 atom stereocenters. The van der Waals surface area contributed by atoms with Crippen LogP contribution in [0.2, 0.25) is 0 Å². The van der Waals surface area contributed by atoms with E-state index in [0.717, 1.165) is 6.42 Å². The fourth-order valence-electron chi connectivity index (χ4n) is 2.60. The monoisotopic (exact) mass is 299 g/mol. The molecule has 7 nitrogen and oxygen atoms in total. The molecule has 0 aromatic heterocycles. The quantitative estimate of drug-likeness (QED) is 0.834. The molecule has 1 heterocycles. The zero-order chi connectivity index (χ0) is 16.0. The molecule has 7 heteroatoms. The summed E-state index contributed by atoms with van der Waals surface area (Å²) in [7, 11) is 0. The number of urea groups is 1. The first-order valence-corrected chi connectivity index (χ1v) is 7.39. The number of hydrogen-bond donors (Lipinski definition) is 1. The second-order valence-corrected chi connectivity index (χ2v) is 5.36. The number of amides is 3. The first kappa shape index (κ1) is 17.3. The molecule has 0 spiro atoms. The Morgan fingerprint density at radius 3 is 2.24 bits per heavy atom. The summed E-state index contributed by atoms with van der Waals surface area (Å²) in [6.07, 6.45) is 0.684. The van der Waals surface area contributed by atoms with Crippen molar-refractivity contribution in [3.8, 4) is 0 Å². The Bertz CT molecular complexity index is 400. The zero-order valence-corrected chi connectivity index (χ0v) is 13.0. The molecule has 1 fully saturated rings. The van der Waals surface area contributed by atoms with E-state index in [2.05, 4.69) is 0 Å². The standard InChI is InChI=1S/C14H25N3O4/c1-4-17(11(2)10-13(19)20)14(21)16-7-5-6-15(8-9-16)12(3)18/h11H,4-10H2,1-3H3,(H,19,20). The van der Waals surface area contributed by atoms with Gasteiger partial charge in [0.25, 0.3) is 0 Å². The van der Waals surface area contributed by atoms with Crippen molar-refractivity contribution < 1.29 is 19.5 Å². The average Bonchev–Trinajstić information content (AvgIpc) is 2.64. The molecule has 1 unspecified atom stereocenters. The lowest BCUT2D eigenvalue weighted by Gasteiger charge is -2.33. The van der Waals surface area contributed by atoms with Crippen LogP contribution < -0.4 is 0 Å². The van der Waals surface area contributed by atoms with Gasteiger partial charge in [-0.25, -0.2) is 4.79 Å². The van der Waals surface area contributed by atoms with E-state index in [1.807, 2.05) is 6.92 Å². The van der Waals surface area contributed by atoms with Gasteiger partial charge in [-0.05, 0) is 20.3 Å². The van der Waals surface area contributed by atoms with Crippen LogP contribution in [0.25, 0.3) is 0 Å². The van der Waals surface area contributed by atoms with Crippen molar-refractivity contribution in [2.45, 2.75) is 39.7 Å². The van der Waals surface area contributed by atoms with Crippen LogP contribution in [0.1, 0.15) is 33.6 Å². The van der Waals surface area contributed by atoms with Gasteiger partial charge in [0.05, 0.1) is 6.42 Å². The highest BCUT2D eigenvalue weighted by molar-refractivity contribution is 5.77. The highest BCUT2D eigenvalue weighted by Gasteiger charge is 2.27. The maximum absolute atomic E-state index is 12.5. The summed E-state index contributed by atoms with van der Waals surface area (Å²) in [5.41, 5.74) is 0. The third-order valence-electron chi connectivity index (χ3n) is 3.80. The third kappa shape index (κ3) is 4.91. The van der Waals surface area contributed by atoms with Gasteiger partial charge >= 0.3 is 12.0 Å². The van der Waals surface area contributed by atoms with Crippen molar-refractivity contribution in [2.24, 2.45) is 0 Å². The minimum atomic E-state index is -0.910. The molecule has 0 aromatic rings. The second-order valence-electron chi connectivity index (χ2n) is 5.36. The van der Waals surface area contributed by atoms with Crippen molar-refractivity contribution in [2.75, 3.05) is 32.7 Å². The van der Waals surface area contributed by atoms with Crippen LogP contribution in [0, 0.1) is 0 Å². The predicted octanol–water partition coefficient (Wildman–Crippen LogP) is 0.846. The lowest BCUT2D eigenvalue weighted by Crippen LogP contribution is -2.49. The molecule has 3 amide bonds. The molecule has 0 radical (unpaired) electrons. The van der Waals surface area contributed by atoms with Gasteiger partial charge in [0.2, 0.25) is 5.91 Å². The Morgan fingerprint density at radius 2 is 1.71 bits per heavy atom. The first-order valence-electron chi connectivity index (χ1n) is 7.39. The minimum Gasteiger partial charge on any atom is -0.481 e. The van der Waals surface area contributed by atoms with Gasteiger partial charge in [-0.1, -0.05) is 0 Å². The molecule has 0 bridgehead atoms. The van der Waals surface area contributed by atoms with Crippen molar-refractivity contribution in [3.63, 3.8) is 0 Å². The van der Waals surface area contributed by atoms with Crippen LogP contribution >= 0.6 is 0 Å². The summed E-state index contributed by atoms with van der Waals surface area (Å²) in [5.74, 6) is -0.886. The maximum Gasteiger partial charge on any atom is 0.320 e. The Morgan fingerprint density at radius 1 is 1.14 bits per heavy atom. The van der Waals surface area contributed by atoms with Crippen LogP contribution in [-0.4, -0.2) is 76.5 Å². The molecule has 1 aliphatic rings. The van der Waals surface area contributed by atoms with E-state index in [-0.39, 0.29) is 24.4 Å². The summed E-state index contributed by atoms with van der Waals surface area (Å²) >= 11 is 0. The molecular formula is C14H25N3O4. The molecule has 21 heavy (non-hydrogen) atoms. The van der Waals surface area contributed by atoms with E-state index < -0.39 is 5.97 Å². The zero-order valence-electron chi connectivity index (χ0n) is 13.0. The number of carbonyl (C=O) groups is 3. The van der Waals surface area contributed by atoms with Crippen LogP contribution in [0.15, 0.2) is 0 Å². The predicted molar refractivity (Wildman–Crippen MR) is 77.9 cm³/mol. The van der Waals surface area contributed by atoms with E-state index in [9.17, 15) is 14.4 Å². The van der Waals surface area contributed by atoms with Gasteiger partial charge in [0.15, 0.2) is 0 Å². The molecule has 120 valence electrons. The highest BCUT2D eigenvalue weighted by atomic mass is 16.4. The highest BCUT2D eigenvalue weighted by Crippen LogP contribution is 2.11. The number of hydrogen-bond acceptors (Lipinski definition) is 3. The van der Waals surface area contributed by atoms with E-state index in [1.165, 1.54) is 6.92 Å². The lowest BCUT2D eigenvalue weighted by molar-refractivity contribution is -0.138. The van der Waals surface area contributed by atoms with E-state index in [4.69, 9.17) is 5.11 Å². The number of carboxylic acids is 1. The molecule has 0 aliphatic carbocycles. The summed E-state index contributed by atoms with van der Waals surface area (Å²) in [5, 5.41) is 8.87. The van der Waals surface area contributed by atoms with Gasteiger partial charge in [-0.3, -0.25) is 9.59 Å². The summed E-state index contributed by atoms with van der Waals surface area (Å²) in [6.45, 7) is 7.88. The minimum absolute atomic E-state index is 0.0240. The topological polar surface area (TPSA) is 81.2 Å². The third-order valence-corrected chi connectivity index (χ3v) is 3.80. The van der Waals surface area contributed by atoms with Gasteiger partial charge in [0, 0.05) is 45.7 Å². The smallest absolute Gasteiger partial charge is 0.320 e. The van der Waals surface area contributed by atoms with E-state index in [0.29, 0.717) is 32.7 Å². The van der Waals surface area contributed by atoms with Crippen molar-refractivity contribution >= 4 is 17.9 Å². The number of nitrogens with zero attached hydrogens (tertiary/aromatic N) is 3. The van der Waals surface area contributed by atoms with Crippen molar-refractivity contribution in [1.29, 1.82) is 0 Å². The molecule has 0 saturated carbocycles. The Hall–Kier alpha value is -1.79. The molecule has 0 aromatic carbocycles. The van der Waals surface area contributed by atoms with Crippen LogP contribution in [0.3, 0.4) is 0 Å². The average molecular weight is 299 g/mol. The Kier molecular flexibility index (Phi) is 6.45. The maximum atomic E-state index is 12.5. The van der Waals surface area contributed by atoms with Gasteiger partial charge in [-0.2, -0.15) is 0 Å². The lowest BCUT2D eigenvalue weighted by atomic mass is 10.2. The number of carboxylic acid groups (broad SMARTS) is 1. The van der Waals surface area contributed by atoms with E-state index >= 15 is 0 Å². The second kappa shape index (κ2) is 7.85. The van der Waals surface area contributed by atoms with Crippen LogP contribution in [0.5, 0.6) is 0 Å². The van der Waals surface area contributed by atoms with Gasteiger partial charge in [0.1, 0.15) is 0 Å². The molecule has 1 N–H and O–H groups in total. The van der Waals surface area contributed by atoms with E-state index in [1.54, 1.807) is 21.6 Å². The Labute approximate surface area is 125 Å². The van der Waals surface area contributed by atoms with Gasteiger partial charge < -0.3 is 19.8 Å². The molecule has 1 rings (SSSR count). The van der Waals surface area contributed by atoms with Gasteiger partial charge in [-0.15, -0.1) is 0 Å². The summed E-state index contributed by atoms with van der Waals surface area (Å²) in [4.78, 5) is 39.8. The molecule has 1 aliphatic heterocycles. The summed E-state index contributed by atoms with van der Waals surface area (Å²) in [6, 6.07) is -0.483. The van der Waals surface area contributed by atoms with Crippen LogP contribution in [-0.2, 0) is 9.59 Å². The fourth-order valence-corrected chi connectivity index (χ4v) is 2.60.